The predicted molar refractivity (Wildman–Crippen MR) is 68.6 cm³/mol. The first-order valence-corrected chi connectivity index (χ1v) is 6.76. The van der Waals surface area contributed by atoms with Gasteiger partial charge in [-0.15, -0.1) is 0 Å². The SMILES string of the molecule is Nc1ccc(F)cc1C(=O)NC1CCCSC1. The van der Waals surface area contributed by atoms with Crippen LogP contribution in [-0.4, -0.2) is 23.5 Å². The molecule has 0 radical (unpaired) electrons. The minimum absolute atomic E-state index is 0.170. The van der Waals surface area contributed by atoms with E-state index in [1.165, 1.54) is 18.2 Å². The summed E-state index contributed by atoms with van der Waals surface area (Å²) in [7, 11) is 0. The lowest BCUT2D eigenvalue weighted by atomic mass is 10.1. The maximum atomic E-state index is 13.0. The number of nitrogens with one attached hydrogen (secondary N) is 1. The zero-order chi connectivity index (χ0) is 12.3. The van der Waals surface area contributed by atoms with Crippen molar-refractivity contribution in [3.63, 3.8) is 0 Å². The molecule has 0 saturated carbocycles. The minimum atomic E-state index is -0.442. The predicted octanol–water partition coefficient (Wildman–Crippen LogP) is 2.03. The fourth-order valence-electron chi connectivity index (χ4n) is 1.84. The lowest BCUT2D eigenvalue weighted by molar-refractivity contribution is 0.0939. The third kappa shape index (κ3) is 3.12. The number of thioether (sulfide) groups is 1. The average molecular weight is 254 g/mol. The maximum absolute atomic E-state index is 13.0. The summed E-state index contributed by atoms with van der Waals surface area (Å²) in [6, 6.07) is 4.02. The highest BCUT2D eigenvalue weighted by Crippen LogP contribution is 2.18. The second kappa shape index (κ2) is 5.40. The molecule has 0 aromatic heterocycles. The van der Waals surface area contributed by atoms with Gasteiger partial charge in [0.2, 0.25) is 0 Å². The molecule has 0 aliphatic carbocycles. The van der Waals surface area contributed by atoms with Crippen molar-refractivity contribution in [2.45, 2.75) is 18.9 Å². The molecule has 0 spiro atoms. The van der Waals surface area contributed by atoms with Gasteiger partial charge in [-0.3, -0.25) is 4.79 Å². The van der Waals surface area contributed by atoms with Crippen molar-refractivity contribution in [1.82, 2.24) is 5.32 Å². The van der Waals surface area contributed by atoms with E-state index in [2.05, 4.69) is 5.32 Å². The normalized spacial score (nSPS) is 19.9. The Balaban J connectivity index is 2.05. The van der Waals surface area contributed by atoms with Crippen LogP contribution >= 0.6 is 11.8 Å². The number of carbonyl (C=O) groups excluding carboxylic acids is 1. The first-order valence-electron chi connectivity index (χ1n) is 5.60. The van der Waals surface area contributed by atoms with Gasteiger partial charge in [0.25, 0.3) is 5.91 Å². The molecule has 92 valence electrons. The molecule has 1 amide bonds. The van der Waals surface area contributed by atoms with E-state index in [0.717, 1.165) is 24.3 Å². The van der Waals surface area contributed by atoms with E-state index in [1.807, 2.05) is 11.8 Å². The Hall–Kier alpha value is -1.23. The Morgan fingerprint density at radius 2 is 2.35 bits per heavy atom. The average Bonchev–Trinajstić information content (AvgIpc) is 2.33. The fourth-order valence-corrected chi connectivity index (χ4v) is 2.91. The number of halogens is 1. The van der Waals surface area contributed by atoms with Gasteiger partial charge in [0.15, 0.2) is 0 Å². The summed E-state index contributed by atoms with van der Waals surface area (Å²) in [5, 5.41) is 2.90. The number of amides is 1. The van der Waals surface area contributed by atoms with E-state index in [9.17, 15) is 9.18 Å². The van der Waals surface area contributed by atoms with E-state index in [-0.39, 0.29) is 17.5 Å². The zero-order valence-electron chi connectivity index (χ0n) is 9.41. The number of rotatable bonds is 2. The Morgan fingerprint density at radius 3 is 3.06 bits per heavy atom. The summed E-state index contributed by atoms with van der Waals surface area (Å²) in [6.07, 6.45) is 2.09. The molecule has 1 heterocycles. The Bertz CT molecular complexity index is 419. The number of nitrogen functional groups attached to an aromatic ring is 1. The van der Waals surface area contributed by atoms with Crippen LogP contribution in [0.3, 0.4) is 0 Å². The van der Waals surface area contributed by atoms with Crippen LogP contribution in [-0.2, 0) is 0 Å². The van der Waals surface area contributed by atoms with E-state index in [4.69, 9.17) is 5.73 Å². The summed E-state index contributed by atoms with van der Waals surface area (Å²) >= 11 is 1.83. The molecule has 17 heavy (non-hydrogen) atoms. The highest BCUT2D eigenvalue weighted by molar-refractivity contribution is 7.99. The van der Waals surface area contributed by atoms with Crippen LogP contribution in [0.5, 0.6) is 0 Å². The first kappa shape index (κ1) is 12.2. The van der Waals surface area contributed by atoms with E-state index < -0.39 is 5.82 Å². The lowest BCUT2D eigenvalue weighted by Crippen LogP contribution is -2.38. The van der Waals surface area contributed by atoms with Gasteiger partial charge >= 0.3 is 0 Å². The van der Waals surface area contributed by atoms with Crippen molar-refractivity contribution in [3.8, 4) is 0 Å². The molecule has 1 fully saturated rings. The molecule has 1 saturated heterocycles. The molecule has 1 aliphatic heterocycles. The molecular weight excluding hydrogens is 239 g/mol. The second-order valence-corrected chi connectivity index (χ2v) is 5.27. The van der Waals surface area contributed by atoms with Crippen molar-refractivity contribution < 1.29 is 9.18 Å². The monoisotopic (exact) mass is 254 g/mol. The van der Waals surface area contributed by atoms with E-state index in [0.29, 0.717) is 5.69 Å². The Morgan fingerprint density at radius 1 is 1.53 bits per heavy atom. The van der Waals surface area contributed by atoms with Crippen LogP contribution in [0.25, 0.3) is 0 Å². The van der Waals surface area contributed by atoms with Crippen molar-refractivity contribution in [2.24, 2.45) is 0 Å². The van der Waals surface area contributed by atoms with Crippen LogP contribution in [0.4, 0.5) is 10.1 Å². The van der Waals surface area contributed by atoms with Crippen LogP contribution < -0.4 is 11.1 Å². The number of carbonyl (C=O) groups is 1. The third-order valence-corrected chi connectivity index (χ3v) is 3.97. The molecule has 5 heteroatoms. The van der Waals surface area contributed by atoms with Gasteiger partial charge in [0.1, 0.15) is 5.82 Å². The van der Waals surface area contributed by atoms with Gasteiger partial charge in [-0.2, -0.15) is 11.8 Å². The second-order valence-electron chi connectivity index (χ2n) is 4.12. The standard InChI is InChI=1S/C12H15FN2OS/c13-8-3-4-11(14)10(6-8)12(16)15-9-2-1-5-17-7-9/h3-4,6,9H,1-2,5,7,14H2,(H,15,16). The maximum Gasteiger partial charge on any atom is 0.253 e. The quantitative estimate of drug-likeness (QED) is 0.794. The molecule has 1 aromatic rings. The highest BCUT2D eigenvalue weighted by atomic mass is 32.2. The number of hydrogen-bond donors (Lipinski definition) is 2. The molecule has 1 unspecified atom stereocenters. The topological polar surface area (TPSA) is 55.1 Å². The summed E-state index contributed by atoms with van der Waals surface area (Å²) in [5.74, 6) is 1.34. The van der Waals surface area contributed by atoms with Gasteiger partial charge in [0, 0.05) is 17.5 Å². The molecule has 3 N–H and O–H groups in total. The van der Waals surface area contributed by atoms with E-state index in [1.54, 1.807) is 0 Å². The van der Waals surface area contributed by atoms with Gasteiger partial charge < -0.3 is 11.1 Å². The summed E-state index contributed by atoms with van der Waals surface area (Å²) < 4.78 is 13.0. The van der Waals surface area contributed by atoms with Crippen molar-refractivity contribution in [3.05, 3.63) is 29.6 Å². The van der Waals surface area contributed by atoms with Crippen molar-refractivity contribution in [1.29, 1.82) is 0 Å². The Labute approximate surface area is 104 Å². The van der Waals surface area contributed by atoms with Gasteiger partial charge in [0.05, 0.1) is 5.56 Å². The number of benzene rings is 1. The first-order chi connectivity index (χ1) is 8.16. The molecule has 3 nitrogen and oxygen atoms in total. The zero-order valence-corrected chi connectivity index (χ0v) is 10.2. The van der Waals surface area contributed by atoms with Gasteiger partial charge in [-0.25, -0.2) is 4.39 Å². The largest absolute Gasteiger partial charge is 0.398 e. The molecular formula is C12H15FN2OS. The van der Waals surface area contributed by atoms with Crippen LogP contribution in [0.1, 0.15) is 23.2 Å². The van der Waals surface area contributed by atoms with Crippen LogP contribution in [0, 0.1) is 5.82 Å². The Kier molecular flexibility index (Phi) is 3.89. The number of nitrogens with two attached hydrogens (primary N) is 1. The summed E-state index contributed by atoms with van der Waals surface area (Å²) in [4.78, 5) is 11.9. The summed E-state index contributed by atoms with van der Waals surface area (Å²) in [6.45, 7) is 0. The van der Waals surface area contributed by atoms with E-state index >= 15 is 0 Å². The van der Waals surface area contributed by atoms with Gasteiger partial charge in [-0.05, 0) is 36.8 Å². The fraction of sp³-hybridized carbons (Fsp3) is 0.417. The number of anilines is 1. The molecule has 1 aliphatic rings. The van der Waals surface area contributed by atoms with Crippen molar-refractivity contribution >= 4 is 23.4 Å². The third-order valence-electron chi connectivity index (χ3n) is 2.76. The number of hydrogen-bond acceptors (Lipinski definition) is 3. The molecule has 1 atom stereocenters. The van der Waals surface area contributed by atoms with Crippen molar-refractivity contribution in [2.75, 3.05) is 17.2 Å². The minimum Gasteiger partial charge on any atom is -0.398 e. The van der Waals surface area contributed by atoms with Gasteiger partial charge in [-0.1, -0.05) is 0 Å². The molecule has 0 bridgehead atoms. The molecule has 1 aromatic carbocycles. The molecule has 2 rings (SSSR count). The smallest absolute Gasteiger partial charge is 0.253 e. The lowest BCUT2D eigenvalue weighted by Gasteiger charge is -2.22. The summed E-state index contributed by atoms with van der Waals surface area (Å²) in [5.41, 5.74) is 6.20. The van der Waals surface area contributed by atoms with Crippen LogP contribution in [0.15, 0.2) is 18.2 Å². The van der Waals surface area contributed by atoms with Crippen LogP contribution in [0.2, 0.25) is 0 Å². The highest BCUT2D eigenvalue weighted by Gasteiger charge is 2.18.